The van der Waals surface area contributed by atoms with Crippen molar-refractivity contribution in [1.82, 2.24) is 0 Å². The van der Waals surface area contributed by atoms with Crippen LogP contribution in [0.4, 0.5) is 0 Å². The number of aldehydes is 1. The summed E-state index contributed by atoms with van der Waals surface area (Å²) in [7, 11) is 5.60. The van der Waals surface area contributed by atoms with Gasteiger partial charge in [-0.2, -0.15) is 0 Å². The van der Waals surface area contributed by atoms with E-state index in [9.17, 15) is 4.79 Å². The third-order valence-corrected chi connectivity index (χ3v) is 1.59. The molecule has 0 bridgehead atoms. The van der Waals surface area contributed by atoms with Crippen LogP contribution in [0, 0.1) is 0 Å². The Labute approximate surface area is 56.5 Å². The van der Waals surface area contributed by atoms with Gasteiger partial charge in [0.15, 0.2) is 0 Å². The molecule has 9 heavy (non-hydrogen) atoms. The van der Waals surface area contributed by atoms with Gasteiger partial charge in [-0.25, -0.2) is 0 Å². The summed E-state index contributed by atoms with van der Waals surface area (Å²) in [6.45, 7) is 0. The Morgan fingerprint density at radius 2 is 2.56 bits per heavy atom. The van der Waals surface area contributed by atoms with E-state index >= 15 is 0 Å². The topological polar surface area (TPSA) is 17.1 Å². The smallest absolute Gasteiger partial charge is 0.145 e. The van der Waals surface area contributed by atoms with Crippen LogP contribution in [0.5, 0.6) is 0 Å². The first-order valence-corrected chi connectivity index (χ1v) is 3.22. The van der Waals surface area contributed by atoms with Gasteiger partial charge in [0, 0.05) is 0 Å². The molecule has 0 spiro atoms. The summed E-state index contributed by atoms with van der Waals surface area (Å²) in [6, 6.07) is 0. The van der Waals surface area contributed by atoms with Crippen molar-refractivity contribution < 1.29 is 4.79 Å². The largest absolute Gasteiger partial charge is 0.298 e. The molecule has 1 aliphatic carbocycles. The lowest BCUT2D eigenvalue weighted by Crippen LogP contribution is -2.01. The summed E-state index contributed by atoms with van der Waals surface area (Å²) in [5.74, 6) is 0.218. The molecule has 0 aromatic carbocycles. The Balaban J connectivity index is 2.53. The van der Waals surface area contributed by atoms with E-state index in [2.05, 4.69) is 0 Å². The van der Waals surface area contributed by atoms with Crippen molar-refractivity contribution in [3.63, 3.8) is 0 Å². The number of hydrogen-bond donors (Lipinski definition) is 0. The second-order valence-corrected chi connectivity index (χ2v) is 2.44. The lowest BCUT2D eigenvalue weighted by Gasteiger charge is -2.14. The highest BCUT2D eigenvalue weighted by molar-refractivity contribution is 6.12. The lowest BCUT2D eigenvalue weighted by molar-refractivity contribution is -0.105. The van der Waals surface area contributed by atoms with E-state index < -0.39 is 0 Å². The molecule has 2 heteroatoms. The average Bonchev–Trinajstić information content (AvgIpc) is 1.88. The van der Waals surface area contributed by atoms with Crippen molar-refractivity contribution in [2.24, 2.45) is 0 Å². The molecule has 1 unspecified atom stereocenters. The van der Waals surface area contributed by atoms with E-state index in [4.69, 9.17) is 7.85 Å². The van der Waals surface area contributed by atoms with Crippen molar-refractivity contribution in [2.75, 3.05) is 0 Å². The van der Waals surface area contributed by atoms with E-state index in [0.717, 1.165) is 31.1 Å². The summed E-state index contributed by atoms with van der Waals surface area (Å²) in [5.41, 5.74) is 0.869. The Morgan fingerprint density at radius 1 is 1.78 bits per heavy atom. The second kappa shape index (κ2) is 2.86. The van der Waals surface area contributed by atoms with Crippen molar-refractivity contribution in [1.29, 1.82) is 0 Å². The highest BCUT2D eigenvalue weighted by Crippen LogP contribution is 2.24. The number of allylic oxidation sites excluding steroid dienone is 2. The zero-order valence-electron chi connectivity index (χ0n) is 5.34. The highest BCUT2D eigenvalue weighted by atomic mass is 16.1. The van der Waals surface area contributed by atoms with Gasteiger partial charge in [0.2, 0.25) is 0 Å². The average molecular weight is 120 g/mol. The van der Waals surface area contributed by atoms with Gasteiger partial charge in [0.25, 0.3) is 0 Å². The van der Waals surface area contributed by atoms with Crippen LogP contribution in [-0.2, 0) is 4.79 Å². The minimum atomic E-state index is 0.218. The summed E-state index contributed by atoms with van der Waals surface area (Å²) in [5, 5.41) is 0. The van der Waals surface area contributed by atoms with Crippen LogP contribution < -0.4 is 0 Å². The Kier molecular flexibility index (Phi) is 2.09. The number of hydrogen-bond acceptors (Lipinski definition) is 1. The molecule has 1 rings (SSSR count). The molecule has 1 nitrogen and oxygen atoms in total. The first-order chi connectivity index (χ1) is 4.33. The molecule has 1 atom stereocenters. The molecular weight excluding hydrogens is 111 g/mol. The first-order valence-electron chi connectivity index (χ1n) is 3.22. The summed E-state index contributed by atoms with van der Waals surface area (Å²) < 4.78 is 0. The molecule has 0 aliphatic heterocycles. The van der Waals surface area contributed by atoms with Crippen LogP contribution >= 0.6 is 0 Å². The molecule has 0 aromatic rings. The third-order valence-electron chi connectivity index (χ3n) is 1.59. The van der Waals surface area contributed by atoms with Crippen molar-refractivity contribution in [3.8, 4) is 0 Å². The molecule has 1 aliphatic rings. The van der Waals surface area contributed by atoms with Gasteiger partial charge in [0.1, 0.15) is 6.29 Å². The highest BCUT2D eigenvalue weighted by Gasteiger charge is 2.08. The Bertz CT molecular complexity index is 140. The minimum Gasteiger partial charge on any atom is -0.298 e. The monoisotopic (exact) mass is 120 g/mol. The van der Waals surface area contributed by atoms with Gasteiger partial charge in [-0.3, -0.25) is 4.79 Å². The molecule has 0 saturated heterocycles. The van der Waals surface area contributed by atoms with Crippen molar-refractivity contribution >= 4 is 14.1 Å². The molecule has 46 valence electrons. The Hall–Kier alpha value is -0.525. The van der Waals surface area contributed by atoms with E-state index in [0.29, 0.717) is 0 Å². The SMILES string of the molecule is [B]C1CCC=C(C=O)C1. The molecule has 0 aromatic heterocycles. The standard InChI is InChI=1S/C7H9BO/c8-7-3-1-2-6(4-7)5-9/h2,5,7H,1,3-4H2. The normalized spacial score (nSPS) is 27.1. The predicted molar refractivity (Wildman–Crippen MR) is 37.5 cm³/mol. The van der Waals surface area contributed by atoms with Crippen LogP contribution in [0.1, 0.15) is 19.3 Å². The fraction of sp³-hybridized carbons (Fsp3) is 0.571. The first kappa shape index (κ1) is 6.59. The third kappa shape index (κ3) is 1.70. The molecule has 2 radical (unpaired) electrons. The van der Waals surface area contributed by atoms with E-state index in [1.54, 1.807) is 0 Å². The van der Waals surface area contributed by atoms with E-state index in [1.165, 1.54) is 0 Å². The summed E-state index contributed by atoms with van der Waals surface area (Å²) in [6.07, 6.45) is 5.63. The molecule has 0 heterocycles. The van der Waals surface area contributed by atoms with Gasteiger partial charge in [-0.15, -0.1) is 0 Å². The van der Waals surface area contributed by atoms with Gasteiger partial charge >= 0.3 is 0 Å². The van der Waals surface area contributed by atoms with Gasteiger partial charge in [-0.05, 0) is 18.4 Å². The maximum atomic E-state index is 10.2. The minimum absolute atomic E-state index is 0.218. The zero-order chi connectivity index (χ0) is 6.69. The molecule has 0 fully saturated rings. The number of rotatable bonds is 1. The van der Waals surface area contributed by atoms with E-state index in [1.807, 2.05) is 6.08 Å². The van der Waals surface area contributed by atoms with Crippen LogP contribution in [0.25, 0.3) is 0 Å². The summed E-state index contributed by atoms with van der Waals surface area (Å²) in [4.78, 5) is 10.2. The maximum Gasteiger partial charge on any atom is 0.145 e. The van der Waals surface area contributed by atoms with Gasteiger partial charge in [0.05, 0.1) is 7.85 Å². The molecular formula is C7H9BO. The maximum absolute atomic E-state index is 10.2. The second-order valence-electron chi connectivity index (χ2n) is 2.44. The number of carbonyl (C=O) groups excluding carboxylic acids is 1. The van der Waals surface area contributed by atoms with E-state index in [-0.39, 0.29) is 5.82 Å². The van der Waals surface area contributed by atoms with Crippen LogP contribution in [0.15, 0.2) is 11.6 Å². The van der Waals surface area contributed by atoms with Gasteiger partial charge < -0.3 is 0 Å². The molecule has 0 N–H and O–H groups in total. The fourth-order valence-electron chi connectivity index (χ4n) is 1.07. The van der Waals surface area contributed by atoms with Crippen molar-refractivity contribution in [2.45, 2.75) is 25.1 Å². The summed E-state index contributed by atoms with van der Waals surface area (Å²) >= 11 is 0. The molecule has 0 saturated carbocycles. The number of carbonyl (C=O) groups is 1. The van der Waals surface area contributed by atoms with Crippen molar-refractivity contribution in [3.05, 3.63) is 11.6 Å². The van der Waals surface area contributed by atoms with Crippen LogP contribution in [0.3, 0.4) is 0 Å². The van der Waals surface area contributed by atoms with Crippen LogP contribution in [-0.4, -0.2) is 14.1 Å². The fourth-order valence-corrected chi connectivity index (χ4v) is 1.07. The lowest BCUT2D eigenvalue weighted by atomic mass is 9.76. The quantitative estimate of drug-likeness (QED) is 0.376. The van der Waals surface area contributed by atoms with Gasteiger partial charge in [-0.1, -0.05) is 18.3 Å². The predicted octanol–water partition coefficient (Wildman–Crippen LogP) is 1.25. The van der Waals surface area contributed by atoms with Crippen LogP contribution in [0.2, 0.25) is 5.82 Å². The molecule has 0 amide bonds. The Morgan fingerprint density at radius 3 is 3.00 bits per heavy atom. The zero-order valence-corrected chi connectivity index (χ0v) is 5.34.